The molecule has 0 bridgehead atoms. The third-order valence-electron chi connectivity index (χ3n) is 6.11. The minimum absolute atomic E-state index is 0.173. The lowest BCUT2D eigenvalue weighted by molar-refractivity contribution is 0.0487. The van der Waals surface area contributed by atoms with Crippen LogP contribution in [0.4, 0.5) is 0 Å². The Labute approximate surface area is 180 Å². The molecule has 1 saturated heterocycles. The van der Waals surface area contributed by atoms with E-state index in [1.54, 1.807) is 13.0 Å². The highest BCUT2D eigenvalue weighted by Crippen LogP contribution is 2.34. The van der Waals surface area contributed by atoms with Crippen molar-refractivity contribution in [3.05, 3.63) is 76.1 Å². The lowest BCUT2D eigenvalue weighted by Crippen LogP contribution is -2.44. The highest BCUT2D eigenvalue weighted by Gasteiger charge is 2.35. The molecule has 0 aliphatic carbocycles. The van der Waals surface area contributed by atoms with E-state index in [0.717, 1.165) is 12.8 Å². The van der Waals surface area contributed by atoms with Gasteiger partial charge in [0.15, 0.2) is 0 Å². The van der Waals surface area contributed by atoms with Crippen molar-refractivity contribution >= 4 is 17.0 Å². The van der Waals surface area contributed by atoms with Gasteiger partial charge in [-0.2, -0.15) is 0 Å². The zero-order valence-corrected chi connectivity index (χ0v) is 17.9. The van der Waals surface area contributed by atoms with Crippen molar-refractivity contribution in [1.29, 1.82) is 0 Å². The minimum atomic E-state index is -0.329. The number of allylic oxidation sites excluding steroid dienone is 1. The molecule has 0 saturated carbocycles. The Morgan fingerprint density at radius 3 is 2.65 bits per heavy atom. The van der Waals surface area contributed by atoms with Crippen LogP contribution < -0.4 is 10.9 Å². The molecule has 0 radical (unpaired) electrons. The molecule has 1 aliphatic rings. The van der Waals surface area contributed by atoms with E-state index >= 15 is 0 Å². The van der Waals surface area contributed by atoms with E-state index in [0.29, 0.717) is 32.1 Å². The number of benzene rings is 1. The van der Waals surface area contributed by atoms with Gasteiger partial charge in [-0.05, 0) is 32.3 Å². The van der Waals surface area contributed by atoms with Gasteiger partial charge >= 0.3 is 0 Å². The molecular formula is C24H27N3O4. The number of ether oxygens (including phenoxy) is 1. The smallest absolute Gasteiger partial charge is 0.265 e. The number of amides is 1. The number of nitrogens with one attached hydrogen (secondary N) is 1. The van der Waals surface area contributed by atoms with E-state index in [2.05, 4.69) is 48.1 Å². The van der Waals surface area contributed by atoms with Gasteiger partial charge in [-0.1, -0.05) is 35.9 Å². The second-order valence-electron chi connectivity index (χ2n) is 8.15. The summed E-state index contributed by atoms with van der Waals surface area (Å²) in [5.74, 6) is 0.0503. The molecule has 7 nitrogen and oxygen atoms in total. The SMILES string of the molecule is C=CCn1cnc2oc(C)c(C(=O)NCC3(c4ccc(C)cc4)CCOCC3)c2c1=O. The Morgan fingerprint density at radius 1 is 1.26 bits per heavy atom. The number of carbonyl (C=O) groups excluding carboxylic acids is 1. The molecule has 2 aromatic heterocycles. The third kappa shape index (κ3) is 3.93. The number of rotatable bonds is 6. The van der Waals surface area contributed by atoms with Crippen molar-refractivity contribution in [3.8, 4) is 0 Å². The van der Waals surface area contributed by atoms with Gasteiger partial charge in [0.2, 0.25) is 5.71 Å². The molecule has 1 amide bonds. The van der Waals surface area contributed by atoms with E-state index < -0.39 is 0 Å². The third-order valence-corrected chi connectivity index (χ3v) is 6.11. The normalized spacial score (nSPS) is 15.7. The molecule has 0 unspecified atom stereocenters. The molecule has 0 spiro atoms. The number of carbonyl (C=O) groups is 1. The standard InChI is InChI=1S/C24H27N3O4/c1-4-11-27-15-26-22-20(23(27)29)19(17(3)31-22)21(28)25-14-24(9-12-30-13-10-24)18-7-5-16(2)6-8-18/h4-8,15H,1,9-14H2,2-3H3,(H,25,28). The van der Waals surface area contributed by atoms with Crippen molar-refractivity contribution in [2.45, 2.75) is 38.6 Å². The number of hydrogen-bond acceptors (Lipinski definition) is 5. The van der Waals surface area contributed by atoms with Gasteiger partial charge < -0.3 is 14.5 Å². The summed E-state index contributed by atoms with van der Waals surface area (Å²) in [6.07, 6.45) is 4.65. The number of nitrogens with zero attached hydrogens (tertiary/aromatic N) is 2. The Hall–Kier alpha value is -3.19. The van der Waals surface area contributed by atoms with Crippen molar-refractivity contribution in [1.82, 2.24) is 14.9 Å². The molecule has 3 aromatic rings. The Balaban J connectivity index is 1.65. The van der Waals surface area contributed by atoms with Crippen LogP contribution in [0.15, 0.2) is 52.5 Å². The largest absolute Gasteiger partial charge is 0.442 e. The summed E-state index contributed by atoms with van der Waals surface area (Å²) in [5.41, 5.74) is 2.27. The van der Waals surface area contributed by atoms with Crippen LogP contribution in [0.2, 0.25) is 0 Å². The minimum Gasteiger partial charge on any atom is -0.442 e. The van der Waals surface area contributed by atoms with Gasteiger partial charge in [-0.15, -0.1) is 6.58 Å². The maximum Gasteiger partial charge on any atom is 0.265 e. The molecule has 1 aromatic carbocycles. The molecular weight excluding hydrogens is 394 g/mol. The fourth-order valence-corrected chi connectivity index (χ4v) is 4.25. The summed E-state index contributed by atoms with van der Waals surface area (Å²) >= 11 is 0. The van der Waals surface area contributed by atoms with Gasteiger partial charge in [0.1, 0.15) is 17.5 Å². The Morgan fingerprint density at radius 2 is 1.97 bits per heavy atom. The monoisotopic (exact) mass is 421 g/mol. The van der Waals surface area contributed by atoms with Crippen LogP contribution in [0.5, 0.6) is 0 Å². The average molecular weight is 421 g/mol. The van der Waals surface area contributed by atoms with Gasteiger partial charge in [0.25, 0.3) is 11.5 Å². The molecule has 4 rings (SSSR count). The molecule has 0 atom stereocenters. The maximum absolute atomic E-state index is 13.2. The van der Waals surface area contributed by atoms with Gasteiger partial charge in [-0.3, -0.25) is 14.2 Å². The van der Waals surface area contributed by atoms with E-state index in [9.17, 15) is 9.59 Å². The highest BCUT2D eigenvalue weighted by atomic mass is 16.5. The molecule has 162 valence electrons. The molecule has 7 heteroatoms. The number of aryl methyl sites for hydroxylation is 2. The fraction of sp³-hybridized carbons (Fsp3) is 0.375. The Kier molecular flexibility index (Phi) is 5.78. The lowest BCUT2D eigenvalue weighted by atomic mass is 9.74. The first-order chi connectivity index (χ1) is 14.9. The van der Waals surface area contributed by atoms with E-state index in [1.807, 2.05) is 0 Å². The van der Waals surface area contributed by atoms with Gasteiger partial charge in [0, 0.05) is 31.7 Å². The van der Waals surface area contributed by atoms with Crippen LogP contribution in [-0.2, 0) is 16.7 Å². The summed E-state index contributed by atoms with van der Waals surface area (Å²) in [4.78, 5) is 30.3. The summed E-state index contributed by atoms with van der Waals surface area (Å²) < 4.78 is 12.6. The highest BCUT2D eigenvalue weighted by molar-refractivity contribution is 6.06. The van der Waals surface area contributed by atoms with Crippen LogP contribution >= 0.6 is 0 Å². The summed E-state index contributed by atoms with van der Waals surface area (Å²) in [5, 5.41) is 3.27. The number of fused-ring (bicyclic) bond motifs is 1. The van der Waals surface area contributed by atoms with Crippen LogP contribution in [0.3, 0.4) is 0 Å². The van der Waals surface area contributed by atoms with Crippen molar-refractivity contribution in [3.63, 3.8) is 0 Å². The maximum atomic E-state index is 13.2. The first-order valence-electron chi connectivity index (χ1n) is 10.5. The van der Waals surface area contributed by atoms with E-state index in [1.165, 1.54) is 22.0 Å². The predicted molar refractivity (Wildman–Crippen MR) is 118 cm³/mol. The first kappa shape index (κ1) is 21.1. The molecule has 1 aliphatic heterocycles. The predicted octanol–water partition coefficient (Wildman–Crippen LogP) is 3.27. The van der Waals surface area contributed by atoms with Crippen molar-refractivity contribution in [2.24, 2.45) is 0 Å². The van der Waals surface area contributed by atoms with Gasteiger partial charge in [0.05, 0.1) is 5.56 Å². The van der Waals surface area contributed by atoms with Crippen molar-refractivity contribution in [2.75, 3.05) is 19.8 Å². The van der Waals surface area contributed by atoms with Crippen LogP contribution in [0, 0.1) is 13.8 Å². The molecule has 1 N–H and O–H groups in total. The topological polar surface area (TPSA) is 86.4 Å². The zero-order valence-electron chi connectivity index (χ0n) is 17.9. The fourth-order valence-electron chi connectivity index (χ4n) is 4.25. The van der Waals surface area contributed by atoms with E-state index in [4.69, 9.17) is 9.15 Å². The van der Waals surface area contributed by atoms with Crippen LogP contribution in [0.1, 0.15) is 40.1 Å². The summed E-state index contributed by atoms with van der Waals surface area (Å²) in [6.45, 7) is 9.45. The molecule has 1 fully saturated rings. The quantitative estimate of drug-likeness (QED) is 0.618. The Bertz CT molecular complexity index is 1170. The average Bonchev–Trinajstić information content (AvgIpc) is 3.12. The summed E-state index contributed by atoms with van der Waals surface area (Å²) in [6, 6.07) is 8.44. The zero-order chi connectivity index (χ0) is 22.0. The summed E-state index contributed by atoms with van der Waals surface area (Å²) in [7, 11) is 0. The van der Waals surface area contributed by atoms with E-state index in [-0.39, 0.29) is 33.5 Å². The second kappa shape index (κ2) is 8.51. The van der Waals surface area contributed by atoms with Crippen LogP contribution in [-0.4, -0.2) is 35.2 Å². The molecule has 31 heavy (non-hydrogen) atoms. The molecule has 3 heterocycles. The lowest BCUT2D eigenvalue weighted by Gasteiger charge is -2.38. The number of hydrogen-bond donors (Lipinski definition) is 1. The van der Waals surface area contributed by atoms with Crippen molar-refractivity contribution < 1.29 is 13.9 Å². The number of aromatic nitrogens is 2. The van der Waals surface area contributed by atoms with Crippen LogP contribution in [0.25, 0.3) is 11.1 Å². The first-order valence-corrected chi connectivity index (χ1v) is 10.5. The van der Waals surface area contributed by atoms with Gasteiger partial charge in [-0.25, -0.2) is 4.98 Å². The number of furan rings is 1. The second-order valence-corrected chi connectivity index (χ2v) is 8.15.